The zero-order chi connectivity index (χ0) is 14.0. The molecular weight excluding hydrogens is 281 g/mol. The maximum absolute atomic E-state index is 10.5. The molecule has 0 fully saturated rings. The topological polar surface area (TPSA) is 33.1 Å². The second kappa shape index (κ2) is 5.91. The van der Waals surface area contributed by atoms with Gasteiger partial charge in [-0.15, -0.1) is 0 Å². The highest BCUT2D eigenvalue weighted by molar-refractivity contribution is 6.35. The summed E-state index contributed by atoms with van der Waals surface area (Å²) in [5.74, 6) is -0.132. The molecule has 0 spiro atoms. The largest absolute Gasteiger partial charge is 0.388 e. The lowest BCUT2D eigenvalue weighted by Crippen LogP contribution is -2.10. The summed E-state index contributed by atoms with van der Waals surface area (Å²) in [7, 11) is 0. The summed E-state index contributed by atoms with van der Waals surface area (Å²) in [6.45, 7) is 3.82. The number of aromatic nitrogens is 1. The Balaban J connectivity index is 2.33. The Hall–Kier alpha value is -1.09. The van der Waals surface area contributed by atoms with Gasteiger partial charge in [-0.3, -0.25) is 4.98 Å². The van der Waals surface area contributed by atoms with E-state index >= 15 is 0 Å². The van der Waals surface area contributed by atoms with Gasteiger partial charge in [0.25, 0.3) is 0 Å². The van der Waals surface area contributed by atoms with Crippen LogP contribution in [0.1, 0.15) is 35.8 Å². The van der Waals surface area contributed by atoms with Crippen LogP contribution in [0.25, 0.3) is 0 Å². The molecule has 0 bridgehead atoms. The number of pyridine rings is 1. The first-order valence-corrected chi connectivity index (χ1v) is 6.81. The molecule has 0 amide bonds. The second-order valence-electron chi connectivity index (χ2n) is 4.58. The van der Waals surface area contributed by atoms with Crippen LogP contribution in [-0.4, -0.2) is 10.1 Å². The van der Waals surface area contributed by atoms with Crippen molar-refractivity contribution in [1.82, 2.24) is 4.98 Å². The zero-order valence-corrected chi connectivity index (χ0v) is 12.3. The first-order valence-electron chi connectivity index (χ1n) is 6.05. The van der Waals surface area contributed by atoms with Gasteiger partial charge in [0.15, 0.2) is 0 Å². The number of benzene rings is 1. The Labute approximate surface area is 123 Å². The minimum Gasteiger partial charge on any atom is -0.388 e. The van der Waals surface area contributed by atoms with E-state index in [1.807, 2.05) is 32.0 Å². The van der Waals surface area contributed by atoms with Crippen LogP contribution in [0.4, 0.5) is 0 Å². The van der Waals surface area contributed by atoms with Crippen molar-refractivity contribution in [2.75, 3.05) is 0 Å². The maximum atomic E-state index is 10.5. The summed E-state index contributed by atoms with van der Waals surface area (Å²) in [4.78, 5) is 4.20. The van der Waals surface area contributed by atoms with Crippen molar-refractivity contribution < 1.29 is 5.11 Å². The first-order chi connectivity index (χ1) is 9.00. The molecule has 2 aromatic rings. The average molecular weight is 296 g/mol. The minimum atomic E-state index is -0.646. The fraction of sp³-hybridized carbons (Fsp3) is 0.267. The van der Waals surface area contributed by atoms with Crippen LogP contribution in [0.15, 0.2) is 36.5 Å². The molecule has 2 atom stereocenters. The van der Waals surface area contributed by atoms with Crippen molar-refractivity contribution in [2.45, 2.75) is 25.9 Å². The van der Waals surface area contributed by atoms with Crippen LogP contribution in [0.5, 0.6) is 0 Å². The van der Waals surface area contributed by atoms with Gasteiger partial charge in [-0.05, 0) is 30.7 Å². The van der Waals surface area contributed by atoms with Gasteiger partial charge in [0.05, 0.1) is 6.10 Å². The van der Waals surface area contributed by atoms with Gasteiger partial charge in [-0.25, -0.2) is 0 Å². The van der Waals surface area contributed by atoms with E-state index in [1.54, 1.807) is 18.3 Å². The number of halogens is 2. The molecule has 100 valence electrons. The van der Waals surface area contributed by atoms with Crippen LogP contribution in [0.2, 0.25) is 10.0 Å². The molecule has 2 unspecified atom stereocenters. The normalized spacial score (nSPS) is 14.2. The highest BCUT2D eigenvalue weighted by Gasteiger charge is 2.22. The number of hydrogen-bond acceptors (Lipinski definition) is 2. The molecule has 1 N–H and O–H groups in total. The fourth-order valence-corrected chi connectivity index (χ4v) is 2.70. The molecular formula is C15H15Cl2NO. The lowest BCUT2D eigenvalue weighted by atomic mass is 9.90. The lowest BCUT2D eigenvalue weighted by Gasteiger charge is -2.21. The van der Waals surface area contributed by atoms with Gasteiger partial charge >= 0.3 is 0 Å². The summed E-state index contributed by atoms with van der Waals surface area (Å²) < 4.78 is 0. The molecule has 0 saturated heterocycles. The lowest BCUT2D eigenvalue weighted by molar-refractivity contribution is 0.150. The highest BCUT2D eigenvalue weighted by atomic mass is 35.5. The standard InChI is InChI=1S/C15H15Cl2NO/c1-9(12-6-5-11(16)8-14(12)17)15(19)13-4-3-7-18-10(13)2/h3-9,15,19H,1-2H3. The van der Waals surface area contributed by atoms with Crippen molar-refractivity contribution in [1.29, 1.82) is 0 Å². The summed E-state index contributed by atoms with van der Waals surface area (Å²) in [6.07, 6.45) is 1.07. The Bertz CT molecular complexity index is 586. The molecule has 1 heterocycles. The Morgan fingerprint density at radius 3 is 2.53 bits per heavy atom. The van der Waals surface area contributed by atoms with Gasteiger partial charge in [0, 0.05) is 33.4 Å². The van der Waals surface area contributed by atoms with E-state index in [2.05, 4.69) is 4.98 Å². The zero-order valence-electron chi connectivity index (χ0n) is 10.8. The van der Waals surface area contributed by atoms with Gasteiger partial charge in [0.1, 0.15) is 0 Å². The second-order valence-corrected chi connectivity index (χ2v) is 5.42. The monoisotopic (exact) mass is 295 g/mol. The fourth-order valence-electron chi connectivity index (χ4n) is 2.12. The van der Waals surface area contributed by atoms with E-state index < -0.39 is 6.10 Å². The minimum absolute atomic E-state index is 0.132. The van der Waals surface area contributed by atoms with E-state index in [0.29, 0.717) is 10.0 Å². The van der Waals surface area contributed by atoms with Crippen LogP contribution in [-0.2, 0) is 0 Å². The molecule has 1 aromatic carbocycles. The van der Waals surface area contributed by atoms with Crippen LogP contribution >= 0.6 is 23.2 Å². The third-order valence-electron chi connectivity index (χ3n) is 3.29. The van der Waals surface area contributed by atoms with Gasteiger partial charge in [0.2, 0.25) is 0 Å². The van der Waals surface area contributed by atoms with Gasteiger partial charge in [-0.1, -0.05) is 42.3 Å². The molecule has 2 rings (SSSR count). The quantitative estimate of drug-likeness (QED) is 0.902. The highest BCUT2D eigenvalue weighted by Crippen LogP contribution is 2.36. The van der Waals surface area contributed by atoms with E-state index in [1.165, 1.54) is 0 Å². The van der Waals surface area contributed by atoms with E-state index in [0.717, 1.165) is 16.8 Å². The van der Waals surface area contributed by atoms with Crippen LogP contribution in [0.3, 0.4) is 0 Å². The Morgan fingerprint density at radius 1 is 1.16 bits per heavy atom. The van der Waals surface area contributed by atoms with E-state index in [-0.39, 0.29) is 5.92 Å². The summed E-state index contributed by atoms with van der Waals surface area (Å²) in [5, 5.41) is 11.6. The molecule has 0 saturated carbocycles. The van der Waals surface area contributed by atoms with Crippen molar-refractivity contribution in [3.05, 3.63) is 63.4 Å². The third kappa shape index (κ3) is 3.08. The molecule has 0 aliphatic carbocycles. The number of aliphatic hydroxyl groups is 1. The number of hydrogen-bond donors (Lipinski definition) is 1. The first kappa shape index (κ1) is 14.3. The molecule has 1 aromatic heterocycles. The SMILES string of the molecule is Cc1ncccc1C(O)C(C)c1ccc(Cl)cc1Cl. The van der Waals surface area contributed by atoms with Crippen molar-refractivity contribution >= 4 is 23.2 Å². The molecule has 0 radical (unpaired) electrons. The smallest absolute Gasteiger partial charge is 0.0873 e. The van der Waals surface area contributed by atoms with E-state index in [4.69, 9.17) is 23.2 Å². The summed E-state index contributed by atoms with van der Waals surface area (Å²) >= 11 is 12.1. The average Bonchev–Trinajstić information content (AvgIpc) is 2.38. The van der Waals surface area contributed by atoms with E-state index in [9.17, 15) is 5.11 Å². The molecule has 4 heteroatoms. The van der Waals surface area contributed by atoms with Crippen molar-refractivity contribution in [3.63, 3.8) is 0 Å². The maximum Gasteiger partial charge on any atom is 0.0873 e. The van der Waals surface area contributed by atoms with Crippen LogP contribution < -0.4 is 0 Å². The van der Waals surface area contributed by atoms with Gasteiger partial charge < -0.3 is 5.11 Å². The van der Waals surface area contributed by atoms with Crippen molar-refractivity contribution in [3.8, 4) is 0 Å². The number of rotatable bonds is 3. The molecule has 2 nitrogen and oxygen atoms in total. The predicted octanol–water partition coefficient (Wildman–Crippen LogP) is 4.53. The Morgan fingerprint density at radius 2 is 1.89 bits per heavy atom. The predicted molar refractivity (Wildman–Crippen MR) is 78.8 cm³/mol. The third-order valence-corrected chi connectivity index (χ3v) is 3.86. The molecule has 0 aliphatic rings. The number of aryl methyl sites for hydroxylation is 1. The molecule has 19 heavy (non-hydrogen) atoms. The summed E-state index contributed by atoms with van der Waals surface area (Å²) in [6, 6.07) is 9.03. The van der Waals surface area contributed by atoms with Gasteiger partial charge in [-0.2, -0.15) is 0 Å². The Kier molecular flexibility index (Phi) is 4.46. The number of nitrogens with zero attached hydrogens (tertiary/aromatic N) is 1. The number of aliphatic hydroxyl groups excluding tert-OH is 1. The molecule has 0 aliphatic heterocycles. The van der Waals surface area contributed by atoms with Crippen LogP contribution in [0, 0.1) is 6.92 Å². The summed E-state index contributed by atoms with van der Waals surface area (Å²) in [5.41, 5.74) is 2.52. The van der Waals surface area contributed by atoms with Crippen molar-refractivity contribution in [2.24, 2.45) is 0 Å².